The first-order valence-electron chi connectivity index (χ1n) is 8.59. The average molecular weight is 327 g/mol. The Hall–Kier alpha value is -2.10. The lowest BCUT2D eigenvalue weighted by Gasteiger charge is -2.23. The van der Waals surface area contributed by atoms with Crippen LogP contribution in [0.3, 0.4) is 0 Å². The summed E-state index contributed by atoms with van der Waals surface area (Å²) in [5.41, 5.74) is 4.70. The lowest BCUT2D eigenvalue weighted by molar-refractivity contribution is -0.140. The molecule has 24 heavy (non-hydrogen) atoms. The maximum atomic E-state index is 12.6. The molecule has 0 radical (unpaired) electrons. The van der Waals surface area contributed by atoms with Crippen LogP contribution in [0.1, 0.15) is 37.8 Å². The Morgan fingerprint density at radius 3 is 2.17 bits per heavy atom. The first-order chi connectivity index (χ1) is 11.4. The molecule has 2 atom stereocenters. The van der Waals surface area contributed by atoms with Crippen molar-refractivity contribution in [3.05, 3.63) is 40.5 Å². The fourth-order valence-corrected chi connectivity index (χ4v) is 3.65. The molecule has 2 amide bonds. The van der Waals surface area contributed by atoms with E-state index in [2.05, 4.69) is 13.8 Å². The number of carbonyl (C=O) groups excluding carboxylic acids is 2. The second kappa shape index (κ2) is 6.42. The Balaban J connectivity index is 1.64. The van der Waals surface area contributed by atoms with Gasteiger partial charge in [0, 0.05) is 0 Å². The standard InChI is InChI=1S/C20H25NO3/c1-12-5-6-13(2)18(9-12)24-8-7-21-19(22)16-10-14(3)15(4)11-17(16)20(21)23/h5-6,9,16-17H,7-8,10-11H2,1-4H3/t16-,17-/m0/s1. The molecule has 2 aliphatic rings. The molecule has 0 saturated carbocycles. The van der Waals surface area contributed by atoms with Crippen LogP contribution in [0.2, 0.25) is 0 Å². The van der Waals surface area contributed by atoms with Gasteiger partial charge in [0.2, 0.25) is 11.8 Å². The molecule has 4 heteroatoms. The SMILES string of the molecule is CC1=C(C)C[C@@H]2C(=O)N(CCOc3cc(C)ccc3C)C(=O)[C@H]2C1. The van der Waals surface area contributed by atoms with Gasteiger partial charge in [-0.2, -0.15) is 0 Å². The van der Waals surface area contributed by atoms with E-state index in [1.165, 1.54) is 16.0 Å². The number of amides is 2. The van der Waals surface area contributed by atoms with E-state index in [9.17, 15) is 9.59 Å². The first kappa shape index (κ1) is 16.7. The van der Waals surface area contributed by atoms with Gasteiger partial charge in [0.25, 0.3) is 0 Å². The predicted molar refractivity (Wildman–Crippen MR) is 92.7 cm³/mol. The van der Waals surface area contributed by atoms with E-state index in [4.69, 9.17) is 4.74 Å². The van der Waals surface area contributed by atoms with Crippen molar-refractivity contribution < 1.29 is 14.3 Å². The number of fused-ring (bicyclic) bond motifs is 1. The first-order valence-corrected chi connectivity index (χ1v) is 8.59. The van der Waals surface area contributed by atoms with Gasteiger partial charge in [0.05, 0.1) is 18.4 Å². The van der Waals surface area contributed by atoms with Crippen molar-refractivity contribution in [1.29, 1.82) is 0 Å². The molecule has 1 saturated heterocycles. The molecule has 128 valence electrons. The van der Waals surface area contributed by atoms with Crippen LogP contribution in [0.25, 0.3) is 0 Å². The normalized spacial score (nSPS) is 23.8. The zero-order valence-corrected chi connectivity index (χ0v) is 14.9. The van der Waals surface area contributed by atoms with E-state index in [-0.39, 0.29) is 23.7 Å². The number of imide groups is 1. The largest absolute Gasteiger partial charge is 0.491 e. The Bertz CT molecular complexity index is 688. The molecule has 1 heterocycles. The van der Waals surface area contributed by atoms with Gasteiger partial charge in [-0.05, 0) is 57.7 Å². The molecule has 3 rings (SSSR count). The summed E-state index contributed by atoms with van der Waals surface area (Å²) in [6, 6.07) is 6.04. The van der Waals surface area contributed by atoms with Crippen molar-refractivity contribution in [1.82, 2.24) is 4.90 Å². The maximum Gasteiger partial charge on any atom is 0.233 e. The Kier molecular flexibility index (Phi) is 4.48. The molecule has 1 aliphatic carbocycles. The van der Waals surface area contributed by atoms with Crippen molar-refractivity contribution in [3.63, 3.8) is 0 Å². The summed E-state index contributed by atoms with van der Waals surface area (Å²) < 4.78 is 5.82. The zero-order valence-electron chi connectivity index (χ0n) is 14.9. The molecular weight excluding hydrogens is 302 g/mol. The quantitative estimate of drug-likeness (QED) is 0.629. The van der Waals surface area contributed by atoms with E-state index >= 15 is 0 Å². The summed E-state index contributed by atoms with van der Waals surface area (Å²) in [5, 5.41) is 0. The molecule has 1 fully saturated rings. The molecule has 1 aromatic carbocycles. The molecule has 0 N–H and O–H groups in total. The lowest BCUT2D eigenvalue weighted by atomic mass is 9.78. The van der Waals surface area contributed by atoms with E-state index < -0.39 is 0 Å². The fourth-order valence-electron chi connectivity index (χ4n) is 3.65. The number of nitrogens with zero attached hydrogens (tertiary/aromatic N) is 1. The van der Waals surface area contributed by atoms with E-state index in [0.717, 1.165) is 29.7 Å². The summed E-state index contributed by atoms with van der Waals surface area (Å²) in [4.78, 5) is 26.6. The van der Waals surface area contributed by atoms with Gasteiger partial charge in [-0.1, -0.05) is 23.3 Å². The maximum absolute atomic E-state index is 12.6. The fraction of sp³-hybridized carbons (Fsp3) is 0.500. The molecule has 1 aromatic rings. The number of hydrogen-bond donors (Lipinski definition) is 0. The van der Waals surface area contributed by atoms with Gasteiger partial charge in [0.1, 0.15) is 12.4 Å². The topological polar surface area (TPSA) is 46.6 Å². The van der Waals surface area contributed by atoms with Crippen LogP contribution in [0.15, 0.2) is 29.3 Å². The Labute approximate surface area is 143 Å². The third-order valence-electron chi connectivity index (χ3n) is 5.35. The number of ether oxygens (including phenoxy) is 1. The van der Waals surface area contributed by atoms with Crippen LogP contribution in [0.4, 0.5) is 0 Å². The van der Waals surface area contributed by atoms with Crippen molar-refractivity contribution in [3.8, 4) is 5.75 Å². The number of benzene rings is 1. The molecule has 0 aromatic heterocycles. The highest BCUT2D eigenvalue weighted by molar-refractivity contribution is 6.05. The average Bonchev–Trinajstić information content (AvgIpc) is 2.76. The summed E-state index contributed by atoms with van der Waals surface area (Å²) in [5.74, 6) is 0.437. The molecule has 0 unspecified atom stereocenters. The predicted octanol–water partition coefficient (Wildman–Crippen LogP) is 3.41. The van der Waals surface area contributed by atoms with Crippen molar-refractivity contribution >= 4 is 11.8 Å². The minimum atomic E-state index is -0.165. The van der Waals surface area contributed by atoms with Crippen LogP contribution < -0.4 is 4.74 Å². The van der Waals surface area contributed by atoms with Crippen molar-refractivity contribution in [2.24, 2.45) is 11.8 Å². The van der Waals surface area contributed by atoms with E-state index in [1.807, 2.05) is 32.0 Å². The third kappa shape index (κ3) is 2.97. The van der Waals surface area contributed by atoms with Crippen LogP contribution in [-0.4, -0.2) is 29.9 Å². The van der Waals surface area contributed by atoms with Crippen molar-refractivity contribution in [2.45, 2.75) is 40.5 Å². The Morgan fingerprint density at radius 1 is 1.00 bits per heavy atom. The van der Waals surface area contributed by atoms with Gasteiger partial charge < -0.3 is 4.74 Å². The number of allylic oxidation sites excluding steroid dienone is 2. The van der Waals surface area contributed by atoms with Gasteiger partial charge in [-0.3, -0.25) is 14.5 Å². The zero-order chi connectivity index (χ0) is 17.4. The minimum Gasteiger partial charge on any atom is -0.491 e. The number of likely N-dealkylation sites (tertiary alicyclic amines) is 1. The van der Waals surface area contributed by atoms with Gasteiger partial charge >= 0.3 is 0 Å². The molecule has 0 bridgehead atoms. The third-order valence-corrected chi connectivity index (χ3v) is 5.35. The molecule has 4 nitrogen and oxygen atoms in total. The van der Waals surface area contributed by atoms with Crippen LogP contribution >= 0.6 is 0 Å². The Morgan fingerprint density at radius 2 is 1.58 bits per heavy atom. The summed E-state index contributed by atoms with van der Waals surface area (Å²) in [7, 11) is 0. The van der Waals surface area contributed by atoms with E-state index in [0.29, 0.717) is 13.2 Å². The second-order valence-electron chi connectivity index (χ2n) is 7.13. The minimum absolute atomic E-state index is 0.0265. The van der Waals surface area contributed by atoms with Crippen LogP contribution in [0.5, 0.6) is 5.75 Å². The van der Waals surface area contributed by atoms with Crippen LogP contribution in [-0.2, 0) is 9.59 Å². The van der Waals surface area contributed by atoms with Gasteiger partial charge in [-0.15, -0.1) is 0 Å². The highest BCUT2D eigenvalue weighted by Gasteiger charge is 2.48. The smallest absolute Gasteiger partial charge is 0.233 e. The second-order valence-corrected chi connectivity index (χ2v) is 7.13. The number of rotatable bonds is 4. The lowest BCUT2D eigenvalue weighted by Crippen LogP contribution is -2.34. The molecule has 0 spiro atoms. The van der Waals surface area contributed by atoms with Gasteiger partial charge in [-0.25, -0.2) is 0 Å². The molecular formula is C20H25NO3. The number of hydrogen-bond acceptors (Lipinski definition) is 3. The van der Waals surface area contributed by atoms with Crippen molar-refractivity contribution in [2.75, 3.05) is 13.2 Å². The monoisotopic (exact) mass is 327 g/mol. The highest BCUT2D eigenvalue weighted by Crippen LogP contribution is 2.40. The number of aryl methyl sites for hydroxylation is 2. The summed E-state index contributed by atoms with van der Waals surface area (Å²) in [6.45, 7) is 8.81. The summed E-state index contributed by atoms with van der Waals surface area (Å²) in [6.07, 6.45) is 1.44. The van der Waals surface area contributed by atoms with Crippen LogP contribution in [0, 0.1) is 25.7 Å². The van der Waals surface area contributed by atoms with E-state index in [1.54, 1.807) is 0 Å². The molecule has 1 aliphatic heterocycles. The number of carbonyl (C=O) groups is 2. The highest BCUT2D eigenvalue weighted by atomic mass is 16.5. The van der Waals surface area contributed by atoms with Gasteiger partial charge in [0.15, 0.2) is 0 Å². The summed E-state index contributed by atoms with van der Waals surface area (Å²) >= 11 is 0.